The fourth-order valence-corrected chi connectivity index (χ4v) is 1.32. The Morgan fingerprint density at radius 3 is 2.56 bits per heavy atom. The summed E-state index contributed by atoms with van der Waals surface area (Å²) >= 11 is 0. The average Bonchev–Trinajstić information content (AvgIpc) is 2.30. The first-order valence-corrected chi connectivity index (χ1v) is 5.32. The third-order valence-corrected chi connectivity index (χ3v) is 2.16. The largest absolute Gasteiger partial charge is 0.480 e. The summed E-state index contributed by atoms with van der Waals surface area (Å²) in [5.74, 6) is 0.536. The van der Waals surface area contributed by atoms with Crippen molar-refractivity contribution >= 4 is 0 Å². The lowest BCUT2D eigenvalue weighted by atomic mass is 10.2. The Balaban J connectivity index is 2.77. The van der Waals surface area contributed by atoms with Crippen molar-refractivity contribution in [3.05, 3.63) is 18.1 Å². The molecule has 1 aromatic heterocycles. The molecule has 1 heterocycles. The lowest BCUT2D eigenvalue weighted by molar-refractivity contribution is 0.0612. The molecule has 90 valence electrons. The quantitative estimate of drug-likeness (QED) is 0.787. The third-order valence-electron chi connectivity index (χ3n) is 2.16. The Morgan fingerprint density at radius 1 is 1.31 bits per heavy atom. The minimum Gasteiger partial charge on any atom is -0.480 e. The molecule has 5 nitrogen and oxygen atoms in total. The van der Waals surface area contributed by atoms with Crippen molar-refractivity contribution in [1.29, 1.82) is 0 Å². The molecule has 5 heteroatoms. The molecule has 0 aromatic carbocycles. The fourth-order valence-electron chi connectivity index (χ4n) is 1.32. The van der Waals surface area contributed by atoms with Crippen LogP contribution in [0.4, 0.5) is 0 Å². The van der Waals surface area contributed by atoms with Crippen LogP contribution in [-0.2, 0) is 4.74 Å². The Labute approximate surface area is 96.2 Å². The molecule has 0 aliphatic rings. The molecule has 1 unspecified atom stereocenters. The third kappa shape index (κ3) is 3.43. The van der Waals surface area contributed by atoms with Crippen molar-refractivity contribution in [2.75, 3.05) is 20.8 Å². The van der Waals surface area contributed by atoms with E-state index >= 15 is 0 Å². The normalized spacial score (nSPS) is 12.8. The predicted octanol–water partition coefficient (Wildman–Crippen LogP) is 1.17. The zero-order chi connectivity index (χ0) is 12.0. The highest BCUT2D eigenvalue weighted by Crippen LogP contribution is 2.19. The predicted molar refractivity (Wildman–Crippen MR) is 61.5 cm³/mol. The van der Waals surface area contributed by atoms with E-state index in [1.807, 2.05) is 20.9 Å². The fraction of sp³-hybridized carbons (Fsp3) is 0.636. The number of nitrogens with zero attached hydrogens (tertiary/aromatic N) is 2. The van der Waals surface area contributed by atoms with Crippen molar-refractivity contribution in [1.82, 2.24) is 15.3 Å². The van der Waals surface area contributed by atoms with Crippen molar-refractivity contribution in [3.8, 4) is 5.88 Å². The van der Waals surface area contributed by atoms with Crippen molar-refractivity contribution in [2.45, 2.75) is 26.0 Å². The van der Waals surface area contributed by atoms with Crippen molar-refractivity contribution in [3.63, 3.8) is 0 Å². The molecule has 0 radical (unpaired) electrons. The van der Waals surface area contributed by atoms with Gasteiger partial charge >= 0.3 is 0 Å². The number of rotatable bonds is 6. The summed E-state index contributed by atoms with van der Waals surface area (Å²) in [5.41, 5.74) is 0.771. The Bertz CT molecular complexity index is 318. The summed E-state index contributed by atoms with van der Waals surface area (Å²) in [5, 5.41) is 3.14. The van der Waals surface area contributed by atoms with Gasteiger partial charge in [0.2, 0.25) is 5.88 Å². The van der Waals surface area contributed by atoms with Gasteiger partial charge in [0.05, 0.1) is 25.9 Å². The summed E-state index contributed by atoms with van der Waals surface area (Å²) in [6.45, 7) is 4.55. The SMILES string of the molecule is CNC(COC(C)C)c1nccnc1OC. The van der Waals surface area contributed by atoms with Crippen LogP contribution >= 0.6 is 0 Å². The Morgan fingerprint density at radius 2 is 2.00 bits per heavy atom. The van der Waals surface area contributed by atoms with Gasteiger partial charge in [0, 0.05) is 12.4 Å². The summed E-state index contributed by atoms with van der Waals surface area (Å²) in [4.78, 5) is 8.38. The van der Waals surface area contributed by atoms with E-state index in [-0.39, 0.29) is 12.1 Å². The van der Waals surface area contributed by atoms with E-state index in [1.54, 1.807) is 19.5 Å². The molecule has 0 saturated heterocycles. The van der Waals surface area contributed by atoms with E-state index in [0.29, 0.717) is 12.5 Å². The van der Waals surface area contributed by atoms with Gasteiger partial charge in [0.15, 0.2) is 0 Å². The maximum absolute atomic E-state index is 5.56. The average molecular weight is 225 g/mol. The summed E-state index contributed by atoms with van der Waals surface area (Å²) in [6, 6.07) is -0.00829. The molecule has 1 atom stereocenters. The molecule has 0 aliphatic heterocycles. The smallest absolute Gasteiger partial charge is 0.237 e. The van der Waals surface area contributed by atoms with Crippen molar-refractivity contribution < 1.29 is 9.47 Å². The molecule has 0 aliphatic carbocycles. The molecule has 0 spiro atoms. The first-order valence-electron chi connectivity index (χ1n) is 5.32. The molecule has 16 heavy (non-hydrogen) atoms. The lowest BCUT2D eigenvalue weighted by Gasteiger charge is -2.18. The second-order valence-electron chi connectivity index (χ2n) is 3.67. The van der Waals surface area contributed by atoms with Gasteiger partial charge in [-0.3, -0.25) is 4.98 Å². The van der Waals surface area contributed by atoms with Crippen LogP contribution in [0.25, 0.3) is 0 Å². The van der Waals surface area contributed by atoms with Gasteiger partial charge in [-0.2, -0.15) is 0 Å². The van der Waals surface area contributed by atoms with Crippen LogP contribution in [-0.4, -0.2) is 36.8 Å². The molecule has 0 bridgehead atoms. The summed E-state index contributed by atoms with van der Waals surface area (Å²) in [7, 11) is 3.45. The minimum atomic E-state index is -0.00829. The van der Waals surface area contributed by atoms with Crippen LogP contribution < -0.4 is 10.1 Å². The number of hydrogen-bond acceptors (Lipinski definition) is 5. The van der Waals surface area contributed by atoms with Crippen LogP contribution in [0, 0.1) is 0 Å². The number of hydrogen-bond donors (Lipinski definition) is 1. The van der Waals surface area contributed by atoms with Crippen LogP contribution in [0.3, 0.4) is 0 Å². The summed E-state index contributed by atoms with van der Waals surface area (Å²) in [6.07, 6.45) is 3.45. The highest BCUT2D eigenvalue weighted by Gasteiger charge is 2.17. The van der Waals surface area contributed by atoms with Gasteiger partial charge in [0.1, 0.15) is 5.69 Å². The van der Waals surface area contributed by atoms with E-state index < -0.39 is 0 Å². The van der Waals surface area contributed by atoms with Gasteiger partial charge in [-0.05, 0) is 20.9 Å². The Kier molecular flexibility index (Phi) is 5.14. The van der Waals surface area contributed by atoms with E-state index in [2.05, 4.69) is 15.3 Å². The zero-order valence-corrected chi connectivity index (χ0v) is 10.2. The Hall–Kier alpha value is -1.20. The van der Waals surface area contributed by atoms with Gasteiger partial charge in [0.25, 0.3) is 0 Å². The van der Waals surface area contributed by atoms with E-state index in [0.717, 1.165) is 5.69 Å². The van der Waals surface area contributed by atoms with Gasteiger partial charge in [-0.1, -0.05) is 0 Å². The maximum Gasteiger partial charge on any atom is 0.237 e. The summed E-state index contributed by atoms with van der Waals surface area (Å²) < 4.78 is 10.7. The highest BCUT2D eigenvalue weighted by atomic mass is 16.5. The molecule has 1 rings (SSSR count). The topological polar surface area (TPSA) is 56.3 Å². The number of likely N-dealkylation sites (N-methyl/N-ethyl adjacent to an activating group) is 1. The molecular weight excluding hydrogens is 206 g/mol. The molecular formula is C11H19N3O2. The zero-order valence-electron chi connectivity index (χ0n) is 10.2. The van der Waals surface area contributed by atoms with Crippen LogP contribution in [0.5, 0.6) is 5.88 Å². The van der Waals surface area contributed by atoms with Gasteiger partial charge < -0.3 is 14.8 Å². The van der Waals surface area contributed by atoms with Gasteiger partial charge in [-0.15, -0.1) is 0 Å². The molecule has 0 amide bonds. The molecule has 1 aromatic rings. The van der Waals surface area contributed by atoms with E-state index in [9.17, 15) is 0 Å². The number of ether oxygens (including phenoxy) is 2. The number of methoxy groups -OCH3 is 1. The highest BCUT2D eigenvalue weighted by molar-refractivity contribution is 5.21. The first kappa shape index (κ1) is 12.9. The first-order chi connectivity index (χ1) is 7.69. The monoisotopic (exact) mass is 225 g/mol. The van der Waals surface area contributed by atoms with Crippen molar-refractivity contribution in [2.24, 2.45) is 0 Å². The van der Waals surface area contributed by atoms with Crippen LogP contribution in [0.1, 0.15) is 25.6 Å². The molecule has 0 saturated carbocycles. The second-order valence-corrected chi connectivity index (χ2v) is 3.67. The second kappa shape index (κ2) is 6.40. The van der Waals surface area contributed by atoms with Crippen LogP contribution in [0.2, 0.25) is 0 Å². The van der Waals surface area contributed by atoms with E-state index in [1.165, 1.54) is 0 Å². The molecule has 1 N–H and O–H groups in total. The van der Waals surface area contributed by atoms with Gasteiger partial charge in [-0.25, -0.2) is 4.98 Å². The number of aromatic nitrogens is 2. The minimum absolute atomic E-state index is 0.00829. The maximum atomic E-state index is 5.56. The lowest BCUT2D eigenvalue weighted by Crippen LogP contribution is -2.25. The standard InChI is InChI=1S/C11H19N3O2/c1-8(2)16-7-9(12-3)10-11(15-4)14-6-5-13-10/h5-6,8-9,12H,7H2,1-4H3. The number of nitrogens with one attached hydrogen (secondary N) is 1. The van der Waals surface area contributed by atoms with E-state index in [4.69, 9.17) is 9.47 Å². The van der Waals surface area contributed by atoms with Crippen LogP contribution in [0.15, 0.2) is 12.4 Å². The molecule has 0 fully saturated rings.